The fraction of sp³-hybridized carbons (Fsp3) is 0.684. The maximum Gasteiger partial charge on any atom is 0.208 e. The lowest BCUT2D eigenvalue weighted by Gasteiger charge is -2.46. The van der Waals surface area contributed by atoms with Crippen molar-refractivity contribution in [3.8, 4) is 0 Å². The molecule has 2 rings (SSSR count). The van der Waals surface area contributed by atoms with Crippen molar-refractivity contribution < 1.29 is 9.84 Å². The lowest BCUT2D eigenvalue weighted by Crippen LogP contribution is -2.63. The molecule has 0 saturated carbocycles. The minimum Gasteiger partial charge on any atom is -0.361 e. The SMILES string of the molecule is CCCc1cc(C2(O)OCC(C)(C)NC2C)cc(CCC)c1Cl. The summed E-state index contributed by atoms with van der Waals surface area (Å²) in [6.07, 6.45) is 3.86. The van der Waals surface area contributed by atoms with E-state index in [1.165, 1.54) is 0 Å². The van der Waals surface area contributed by atoms with Gasteiger partial charge in [-0.3, -0.25) is 0 Å². The highest BCUT2D eigenvalue weighted by atomic mass is 35.5. The molecule has 1 aliphatic heterocycles. The van der Waals surface area contributed by atoms with E-state index in [0.717, 1.165) is 47.4 Å². The molecule has 0 spiro atoms. The van der Waals surface area contributed by atoms with Crippen molar-refractivity contribution >= 4 is 11.6 Å². The van der Waals surface area contributed by atoms with Crippen LogP contribution >= 0.6 is 11.6 Å². The molecule has 0 aliphatic carbocycles. The number of aryl methyl sites for hydroxylation is 2. The molecular weight excluding hydrogens is 310 g/mol. The highest BCUT2D eigenvalue weighted by molar-refractivity contribution is 6.32. The van der Waals surface area contributed by atoms with Crippen molar-refractivity contribution in [2.24, 2.45) is 0 Å². The summed E-state index contributed by atoms with van der Waals surface area (Å²) in [7, 11) is 0. The molecule has 2 atom stereocenters. The molecule has 0 amide bonds. The van der Waals surface area contributed by atoms with Crippen molar-refractivity contribution in [3.63, 3.8) is 0 Å². The van der Waals surface area contributed by atoms with Gasteiger partial charge in [0.2, 0.25) is 5.79 Å². The molecule has 4 heteroatoms. The van der Waals surface area contributed by atoms with Crippen LogP contribution in [0.2, 0.25) is 5.02 Å². The van der Waals surface area contributed by atoms with Crippen LogP contribution in [0, 0.1) is 0 Å². The predicted molar refractivity (Wildman–Crippen MR) is 96.0 cm³/mol. The summed E-state index contributed by atoms with van der Waals surface area (Å²) in [5.41, 5.74) is 2.87. The molecule has 1 fully saturated rings. The number of halogens is 1. The topological polar surface area (TPSA) is 41.5 Å². The minimum absolute atomic E-state index is 0.142. The Morgan fingerprint density at radius 3 is 2.17 bits per heavy atom. The molecule has 1 aliphatic rings. The molecule has 1 heterocycles. The van der Waals surface area contributed by atoms with E-state index in [9.17, 15) is 5.11 Å². The number of hydrogen-bond donors (Lipinski definition) is 2. The summed E-state index contributed by atoms with van der Waals surface area (Å²) in [6, 6.07) is 3.83. The van der Waals surface area contributed by atoms with Gasteiger partial charge in [0.15, 0.2) is 0 Å². The second-order valence-corrected chi connectivity index (χ2v) is 7.72. The third-order valence-corrected chi connectivity index (χ3v) is 5.01. The highest BCUT2D eigenvalue weighted by Crippen LogP contribution is 2.36. The van der Waals surface area contributed by atoms with E-state index < -0.39 is 5.79 Å². The number of morpholine rings is 1. The lowest BCUT2D eigenvalue weighted by atomic mass is 9.89. The van der Waals surface area contributed by atoms with E-state index in [0.29, 0.717) is 6.61 Å². The number of hydrogen-bond acceptors (Lipinski definition) is 3. The molecule has 130 valence electrons. The molecule has 2 unspecified atom stereocenters. The van der Waals surface area contributed by atoms with Crippen LogP contribution in [0.15, 0.2) is 12.1 Å². The molecule has 1 aromatic carbocycles. The van der Waals surface area contributed by atoms with Gasteiger partial charge in [0, 0.05) is 16.1 Å². The van der Waals surface area contributed by atoms with Gasteiger partial charge in [-0.15, -0.1) is 0 Å². The molecular formula is C19H30ClNO2. The van der Waals surface area contributed by atoms with Crippen molar-refractivity contribution in [3.05, 3.63) is 33.8 Å². The Labute approximate surface area is 145 Å². The summed E-state index contributed by atoms with van der Waals surface area (Å²) < 4.78 is 5.94. The Morgan fingerprint density at radius 2 is 1.74 bits per heavy atom. The second-order valence-electron chi connectivity index (χ2n) is 7.34. The zero-order chi connectivity index (χ0) is 17.3. The van der Waals surface area contributed by atoms with Gasteiger partial charge in [-0.05, 0) is 56.9 Å². The van der Waals surface area contributed by atoms with Crippen molar-refractivity contribution in [1.29, 1.82) is 0 Å². The number of rotatable bonds is 5. The van der Waals surface area contributed by atoms with Gasteiger partial charge in [-0.1, -0.05) is 38.3 Å². The zero-order valence-electron chi connectivity index (χ0n) is 15.0. The maximum atomic E-state index is 11.2. The Morgan fingerprint density at radius 1 is 1.22 bits per heavy atom. The fourth-order valence-corrected chi connectivity index (χ4v) is 3.63. The first kappa shape index (κ1) is 18.7. The number of aliphatic hydroxyl groups is 1. The lowest BCUT2D eigenvalue weighted by molar-refractivity contribution is -0.263. The monoisotopic (exact) mass is 339 g/mol. The molecule has 0 bridgehead atoms. The van der Waals surface area contributed by atoms with Gasteiger partial charge >= 0.3 is 0 Å². The van der Waals surface area contributed by atoms with Crippen LogP contribution in [0.5, 0.6) is 0 Å². The average molecular weight is 340 g/mol. The van der Waals surface area contributed by atoms with Crippen molar-refractivity contribution in [2.45, 2.75) is 77.7 Å². The van der Waals surface area contributed by atoms with Gasteiger partial charge in [-0.2, -0.15) is 0 Å². The van der Waals surface area contributed by atoms with Gasteiger partial charge in [0.25, 0.3) is 0 Å². The van der Waals surface area contributed by atoms with E-state index >= 15 is 0 Å². The van der Waals surface area contributed by atoms with Crippen LogP contribution in [0.1, 0.15) is 64.2 Å². The van der Waals surface area contributed by atoms with E-state index in [1.54, 1.807) is 0 Å². The summed E-state index contributed by atoms with van der Waals surface area (Å²) in [5.74, 6) is -1.31. The third kappa shape index (κ3) is 3.90. The third-order valence-electron chi connectivity index (χ3n) is 4.52. The standard InChI is InChI=1S/C19H30ClNO2/c1-6-8-14-10-16(11-15(9-7-2)17(14)20)19(22)13(3)21-18(4,5)12-23-19/h10-11,13,21-22H,6-9,12H2,1-5H3. The molecule has 23 heavy (non-hydrogen) atoms. The number of benzene rings is 1. The first-order valence-corrected chi connectivity index (χ1v) is 9.07. The van der Waals surface area contributed by atoms with Crippen LogP contribution in [0.25, 0.3) is 0 Å². The predicted octanol–water partition coefficient (Wildman–Crippen LogP) is 4.18. The van der Waals surface area contributed by atoms with Crippen molar-refractivity contribution in [1.82, 2.24) is 5.32 Å². The Kier molecular flexibility index (Phi) is 5.78. The molecule has 2 N–H and O–H groups in total. The largest absolute Gasteiger partial charge is 0.361 e. The van der Waals surface area contributed by atoms with Gasteiger partial charge in [0.05, 0.1) is 12.6 Å². The maximum absolute atomic E-state index is 11.2. The summed E-state index contributed by atoms with van der Waals surface area (Å²) in [4.78, 5) is 0. The highest BCUT2D eigenvalue weighted by Gasteiger charge is 2.45. The number of nitrogens with one attached hydrogen (secondary N) is 1. The molecule has 1 aromatic rings. The van der Waals surface area contributed by atoms with E-state index in [2.05, 4.69) is 33.0 Å². The Bertz CT molecular complexity index is 531. The summed E-state index contributed by atoms with van der Waals surface area (Å²) >= 11 is 6.57. The average Bonchev–Trinajstić information content (AvgIpc) is 2.47. The zero-order valence-corrected chi connectivity index (χ0v) is 15.8. The minimum atomic E-state index is -1.31. The summed E-state index contributed by atoms with van der Waals surface area (Å²) in [5, 5.41) is 15.5. The smallest absolute Gasteiger partial charge is 0.208 e. The second kappa shape index (κ2) is 7.10. The van der Waals surface area contributed by atoms with Crippen LogP contribution < -0.4 is 5.32 Å². The Balaban J connectivity index is 2.45. The normalized spacial score (nSPS) is 27.2. The molecule has 0 radical (unpaired) electrons. The first-order valence-electron chi connectivity index (χ1n) is 8.69. The first-order chi connectivity index (χ1) is 10.7. The summed E-state index contributed by atoms with van der Waals surface area (Å²) in [6.45, 7) is 10.9. The number of ether oxygens (including phenoxy) is 1. The van der Waals surface area contributed by atoms with Gasteiger partial charge in [0.1, 0.15) is 0 Å². The fourth-order valence-electron chi connectivity index (χ4n) is 3.33. The van der Waals surface area contributed by atoms with Crippen LogP contribution in [0.4, 0.5) is 0 Å². The van der Waals surface area contributed by atoms with Gasteiger partial charge in [-0.25, -0.2) is 0 Å². The molecule has 3 nitrogen and oxygen atoms in total. The van der Waals surface area contributed by atoms with Crippen molar-refractivity contribution in [2.75, 3.05) is 6.61 Å². The van der Waals surface area contributed by atoms with Crippen LogP contribution in [-0.2, 0) is 23.4 Å². The Hall–Kier alpha value is -0.610. The molecule has 0 aromatic heterocycles. The van der Waals surface area contributed by atoms with Gasteiger partial charge < -0.3 is 15.2 Å². The van der Waals surface area contributed by atoms with Crippen LogP contribution in [-0.4, -0.2) is 23.3 Å². The van der Waals surface area contributed by atoms with E-state index in [4.69, 9.17) is 16.3 Å². The van der Waals surface area contributed by atoms with Crippen LogP contribution in [0.3, 0.4) is 0 Å². The van der Waals surface area contributed by atoms with E-state index in [-0.39, 0.29) is 11.6 Å². The van der Waals surface area contributed by atoms with E-state index in [1.807, 2.05) is 19.1 Å². The quantitative estimate of drug-likeness (QED) is 0.845. The molecule has 1 saturated heterocycles.